The second-order valence-corrected chi connectivity index (χ2v) is 7.02. The molecular weight excluding hydrogens is 335 g/mol. The molecule has 1 saturated carbocycles. The normalized spacial score (nSPS) is 27.7. The predicted octanol–water partition coefficient (Wildman–Crippen LogP) is 3.22. The van der Waals surface area contributed by atoms with Gasteiger partial charge in [0.25, 0.3) is 0 Å². The number of hydrogen-bond donors (Lipinski definition) is 2. The summed E-state index contributed by atoms with van der Waals surface area (Å²) in [5.41, 5.74) is 1.06. The van der Waals surface area contributed by atoms with Gasteiger partial charge in [0, 0.05) is 30.1 Å². The van der Waals surface area contributed by atoms with E-state index < -0.39 is 0 Å². The lowest BCUT2D eigenvalue weighted by Gasteiger charge is -2.33. The molecule has 0 aromatic heterocycles. The van der Waals surface area contributed by atoms with Gasteiger partial charge in [-0.05, 0) is 48.8 Å². The highest BCUT2D eigenvalue weighted by molar-refractivity contribution is 7.98. The molecular formula is C17H26ClFN2OS. The highest BCUT2D eigenvalue weighted by Crippen LogP contribution is 2.30. The van der Waals surface area contributed by atoms with Crippen LogP contribution in [0, 0.1) is 11.7 Å². The van der Waals surface area contributed by atoms with E-state index in [9.17, 15) is 4.39 Å². The molecule has 130 valence electrons. The average molecular weight is 361 g/mol. The van der Waals surface area contributed by atoms with Crippen molar-refractivity contribution in [1.82, 2.24) is 10.6 Å². The summed E-state index contributed by atoms with van der Waals surface area (Å²) in [7, 11) is 0. The molecule has 23 heavy (non-hydrogen) atoms. The molecule has 1 aliphatic heterocycles. The van der Waals surface area contributed by atoms with E-state index in [2.05, 4.69) is 10.6 Å². The fraction of sp³-hybridized carbons (Fsp3) is 0.647. The summed E-state index contributed by atoms with van der Waals surface area (Å²) in [6.07, 6.45) is 5.75. The van der Waals surface area contributed by atoms with Gasteiger partial charge < -0.3 is 15.4 Å². The Kier molecular flexibility index (Phi) is 7.63. The van der Waals surface area contributed by atoms with Crippen LogP contribution in [0.1, 0.15) is 24.8 Å². The maximum atomic E-state index is 13.5. The van der Waals surface area contributed by atoms with Crippen LogP contribution in [-0.4, -0.2) is 38.1 Å². The molecule has 0 bridgehead atoms. The molecule has 1 aliphatic carbocycles. The third-order valence-corrected chi connectivity index (χ3v) is 5.67. The first-order valence-corrected chi connectivity index (χ1v) is 9.37. The van der Waals surface area contributed by atoms with Crippen molar-refractivity contribution in [3.8, 4) is 0 Å². The van der Waals surface area contributed by atoms with Gasteiger partial charge in [-0.2, -0.15) is 0 Å². The molecule has 1 saturated heterocycles. The van der Waals surface area contributed by atoms with Crippen LogP contribution in [0.15, 0.2) is 23.1 Å². The predicted molar refractivity (Wildman–Crippen MR) is 96.0 cm³/mol. The van der Waals surface area contributed by atoms with E-state index in [-0.39, 0.29) is 18.2 Å². The molecule has 1 heterocycles. The van der Waals surface area contributed by atoms with Gasteiger partial charge in [0.05, 0.1) is 13.2 Å². The Hall–Kier alpha value is -0.330. The molecule has 3 nitrogen and oxygen atoms in total. The van der Waals surface area contributed by atoms with Crippen LogP contribution in [0.25, 0.3) is 0 Å². The summed E-state index contributed by atoms with van der Waals surface area (Å²) in [6.45, 7) is 3.33. The van der Waals surface area contributed by atoms with E-state index in [1.807, 2.05) is 12.3 Å². The van der Waals surface area contributed by atoms with Crippen LogP contribution in [-0.2, 0) is 11.3 Å². The summed E-state index contributed by atoms with van der Waals surface area (Å²) >= 11 is 1.68. The third kappa shape index (κ3) is 4.83. The van der Waals surface area contributed by atoms with E-state index in [0.29, 0.717) is 18.0 Å². The van der Waals surface area contributed by atoms with Gasteiger partial charge in [-0.25, -0.2) is 4.39 Å². The van der Waals surface area contributed by atoms with Crippen LogP contribution in [0.3, 0.4) is 0 Å². The SMILES string of the molecule is CSc1ccc(F)cc1CNC1CCCC1C1COCCN1.Cl. The highest BCUT2D eigenvalue weighted by Gasteiger charge is 2.34. The topological polar surface area (TPSA) is 33.3 Å². The average Bonchev–Trinajstić information content (AvgIpc) is 3.02. The van der Waals surface area contributed by atoms with Crippen molar-refractivity contribution in [3.63, 3.8) is 0 Å². The largest absolute Gasteiger partial charge is 0.379 e. The van der Waals surface area contributed by atoms with Gasteiger partial charge in [0.2, 0.25) is 0 Å². The summed E-state index contributed by atoms with van der Waals surface area (Å²) in [4.78, 5) is 1.16. The fourth-order valence-electron chi connectivity index (χ4n) is 3.71. The van der Waals surface area contributed by atoms with Gasteiger partial charge in [0.1, 0.15) is 5.82 Å². The van der Waals surface area contributed by atoms with Crippen molar-refractivity contribution in [3.05, 3.63) is 29.6 Å². The maximum absolute atomic E-state index is 13.5. The fourth-order valence-corrected chi connectivity index (χ4v) is 4.31. The van der Waals surface area contributed by atoms with Crippen LogP contribution in [0.2, 0.25) is 0 Å². The van der Waals surface area contributed by atoms with Crippen molar-refractivity contribution in [2.75, 3.05) is 26.0 Å². The summed E-state index contributed by atoms with van der Waals surface area (Å²) in [6, 6.07) is 6.03. The minimum absolute atomic E-state index is 0. The number of halogens is 2. The molecule has 0 radical (unpaired) electrons. The van der Waals surface area contributed by atoms with Crippen LogP contribution in [0.5, 0.6) is 0 Å². The Labute approximate surface area is 148 Å². The van der Waals surface area contributed by atoms with Crippen molar-refractivity contribution in [1.29, 1.82) is 0 Å². The molecule has 0 spiro atoms. The minimum Gasteiger partial charge on any atom is -0.379 e. The zero-order valence-electron chi connectivity index (χ0n) is 13.5. The Morgan fingerprint density at radius 1 is 1.39 bits per heavy atom. The van der Waals surface area contributed by atoms with Crippen LogP contribution >= 0.6 is 24.2 Å². The number of rotatable bonds is 5. The molecule has 1 aromatic rings. The van der Waals surface area contributed by atoms with Gasteiger partial charge in [-0.1, -0.05) is 6.42 Å². The molecule has 1 aromatic carbocycles. The zero-order valence-corrected chi connectivity index (χ0v) is 15.1. The first-order valence-electron chi connectivity index (χ1n) is 8.15. The number of nitrogens with one attached hydrogen (secondary N) is 2. The summed E-state index contributed by atoms with van der Waals surface area (Å²) in [5.74, 6) is 0.464. The molecule has 6 heteroatoms. The lowest BCUT2D eigenvalue weighted by molar-refractivity contribution is 0.0524. The van der Waals surface area contributed by atoms with Crippen molar-refractivity contribution in [2.45, 2.75) is 42.8 Å². The van der Waals surface area contributed by atoms with E-state index in [1.165, 1.54) is 25.3 Å². The van der Waals surface area contributed by atoms with Gasteiger partial charge >= 0.3 is 0 Å². The number of morpholine rings is 1. The zero-order chi connectivity index (χ0) is 15.4. The van der Waals surface area contributed by atoms with Gasteiger partial charge in [0.15, 0.2) is 0 Å². The van der Waals surface area contributed by atoms with Crippen molar-refractivity contribution >= 4 is 24.2 Å². The second kappa shape index (κ2) is 9.23. The number of ether oxygens (including phenoxy) is 1. The number of benzene rings is 1. The molecule has 0 amide bonds. The van der Waals surface area contributed by atoms with Gasteiger partial charge in [-0.3, -0.25) is 0 Å². The standard InChI is InChI=1S/C17H25FN2OS.ClH/c1-22-17-6-5-13(18)9-12(17)10-20-15-4-2-3-14(15)16-11-21-8-7-19-16;/h5-6,9,14-16,19-20H,2-4,7-8,10-11H2,1H3;1H. The quantitative estimate of drug-likeness (QED) is 0.790. The highest BCUT2D eigenvalue weighted by atomic mass is 35.5. The summed E-state index contributed by atoms with van der Waals surface area (Å²) in [5, 5.41) is 7.26. The second-order valence-electron chi connectivity index (χ2n) is 6.17. The smallest absolute Gasteiger partial charge is 0.123 e. The Morgan fingerprint density at radius 3 is 3.00 bits per heavy atom. The van der Waals surface area contributed by atoms with Crippen LogP contribution < -0.4 is 10.6 Å². The third-order valence-electron chi connectivity index (χ3n) is 4.83. The maximum Gasteiger partial charge on any atom is 0.123 e. The monoisotopic (exact) mass is 360 g/mol. The first-order chi connectivity index (χ1) is 10.8. The Balaban J connectivity index is 0.00000192. The molecule has 2 fully saturated rings. The molecule has 3 atom stereocenters. The summed E-state index contributed by atoms with van der Waals surface area (Å²) < 4.78 is 19.1. The lowest BCUT2D eigenvalue weighted by Crippen LogP contribution is -2.50. The number of thioether (sulfide) groups is 1. The number of hydrogen-bond acceptors (Lipinski definition) is 4. The van der Waals surface area contributed by atoms with E-state index in [1.54, 1.807) is 17.8 Å². The molecule has 3 rings (SSSR count). The lowest BCUT2D eigenvalue weighted by atomic mass is 9.94. The first kappa shape index (κ1) is 19.0. The van der Waals surface area contributed by atoms with Crippen molar-refractivity contribution < 1.29 is 9.13 Å². The Morgan fingerprint density at radius 2 is 2.26 bits per heavy atom. The van der Waals surface area contributed by atoms with Crippen molar-refractivity contribution in [2.24, 2.45) is 5.92 Å². The van der Waals surface area contributed by atoms with Gasteiger partial charge in [-0.15, -0.1) is 24.2 Å². The van der Waals surface area contributed by atoms with E-state index in [4.69, 9.17) is 4.74 Å². The van der Waals surface area contributed by atoms with E-state index >= 15 is 0 Å². The molecule has 2 aliphatic rings. The molecule has 3 unspecified atom stereocenters. The Bertz CT molecular complexity index is 499. The minimum atomic E-state index is -0.153. The van der Waals surface area contributed by atoms with Crippen LogP contribution in [0.4, 0.5) is 4.39 Å². The van der Waals surface area contributed by atoms with E-state index in [0.717, 1.165) is 36.8 Å². The molecule has 2 N–H and O–H groups in total.